The van der Waals surface area contributed by atoms with E-state index in [1.807, 2.05) is 0 Å². The number of hydrogen-bond donors (Lipinski definition) is 1. The topological polar surface area (TPSA) is 37.8 Å². The molecule has 100 valence electrons. The number of nitrogens with zero attached hydrogens (tertiary/aromatic N) is 2. The van der Waals surface area contributed by atoms with Crippen LogP contribution in [0.25, 0.3) is 0 Å². The maximum atomic E-state index is 12.9. The van der Waals surface area contributed by atoms with Gasteiger partial charge in [0.2, 0.25) is 0 Å². The number of halogens is 5. The Labute approximate surface area is 120 Å². The van der Waals surface area contributed by atoms with E-state index in [-0.39, 0.29) is 16.5 Å². The predicted molar refractivity (Wildman–Crippen MR) is 69.5 cm³/mol. The maximum absolute atomic E-state index is 12.9. The highest BCUT2D eigenvalue weighted by atomic mass is 79.9. The zero-order valence-corrected chi connectivity index (χ0v) is 11.5. The summed E-state index contributed by atoms with van der Waals surface area (Å²) in [5.41, 5.74) is -0.975. The van der Waals surface area contributed by atoms with Gasteiger partial charge < -0.3 is 5.32 Å². The summed E-state index contributed by atoms with van der Waals surface area (Å²) in [5, 5.41) is 2.60. The standard InChI is InChI=1S/C11H6BrClF3N3/c12-9-4-10(18-5-17-9)19-8-2-1-6(13)3-7(8)11(14,15)16/h1-5H,(H,17,18,19). The number of benzene rings is 1. The highest BCUT2D eigenvalue weighted by Gasteiger charge is 2.33. The minimum atomic E-state index is -4.50. The quantitative estimate of drug-likeness (QED) is 0.799. The molecule has 0 radical (unpaired) electrons. The van der Waals surface area contributed by atoms with E-state index in [0.717, 1.165) is 6.07 Å². The highest BCUT2D eigenvalue weighted by molar-refractivity contribution is 9.10. The maximum Gasteiger partial charge on any atom is 0.418 e. The van der Waals surface area contributed by atoms with Gasteiger partial charge in [0.25, 0.3) is 0 Å². The number of nitrogens with one attached hydrogen (secondary N) is 1. The van der Waals surface area contributed by atoms with Gasteiger partial charge >= 0.3 is 6.18 Å². The predicted octanol–water partition coefficient (Wildman–Crippen LogP) is 4.65. The molecule has 0 aliphatic heterocycles. The first-order chi connectivity index (χ1) is 8.86. The summed E-state index contributed by atoms with van der Waals surface area (Å²) < 4.78 is 39.1. The summed E-state index contributed by atoms with van der Waals surface area (Å²) in [6.07, 6.45) is -3.27. The Morgan fingerprint density at radius 1 is 1.16 bits per heavy atom. The van der Waals surface area contributed by atoms with Gasteiger partial charge in [0.15, 0.2) is 0 Å². The highest BCUT2D eigenvalue weighted by Crippen LogP contribution is 2.37. The van der Waals surface area contributed by atoms with E-state index >= 15 is 0 Å². The molecule has 1 heterocycles. The average molecular weight is 353 g/mol. The van der Waals surface area contributed by atoms with Crippen LogP contribution in [-0.4, -0.2) is 9.97 Å². The molecule has 19 heavy (non-hydrogen) atoms. The summed E-state index contributed by atoms with van der Waals surface area (Å²) in [4.78, 5) is 7.62. The monoisotopic (exact) mass is 351 g/mol. The zero-order chi connectivity index (χ0) is 14.0. The molecule has 0 saturated carbocycles. The first-order valence-electron chi connectivity index (χ1n) is 4.97. The van der Waals surface area contributed by atoms with E-state index in [2.05, 4.69) is 31.2 Å². The SMILES string of the molecule is FC(F)(F)c1cc(Cl)ccc1Nc1cc(Br)ncn1. The Kier molecular flexibility index (Phi) is 3.96. The number of anilines is 2. The third kappa shape index (κ3) is 3.57. The second-order valence-corrected chi connectivity index (χ2v) is 4.79. The number of aromatic nitrogens is 2. The molecule has 0 aliphatic carbocycles. The van der Waals surface area contributed by atoms with Crippen LogP contribution in [0.1, 0.15) is 5.56 Å². The van der Waals surface area contributed by atoms with Crippen LogP contribution in [0, 0.1) is 0 Å². The van der Waals surface area contributed by atoms with Crippen molar-refractivity contribution in [1.29, 1.82) is 0 Å². The fourth-order valence-electron chi connectivity index (χ4n) is 1.40. The molecule has 0 fully saturated rings. The van der Waals surface area contributed by atoms with Crippen molar-refractivity contribution in [2.24, 2.45) is 0 Å². The van der Waals surface area contributed by atoms with Gasteiger partial charge in [0, 0.05) is 11.1 Å². The summed E-state index contributed by atoms with van der Waals surface area (Å²) in [5.74, 6) is 0.245. The van der Waals surface area contributed by atoms with Gasteiger partial charge in [-0.15, -0.1) is 0 Å². The van der Waals surface area contributed by atoms with Gasteiger partial charge in [0.05, 0.1) is 11.3 Å². The van der Waals surface area contributed by atoms with Gasteiger partial charge in [-0.3, -0.25) is 0 Å². The van der Waals surface area contributed by atoms with E-state index in [4.69, 9.17) is 11.6 Å². The van der Waals surface area contributed by atoms with E-state index in [1.165, 1.54) is 24.5 Å². The Balaban J connectivity index is 2.40. The summed E-state index contributed by atoms with van der Waals surface area (Å²) in [7, 11) is 0. The molecule has 1 aromatic heterocycles. The first-order valence-corrected chi connectivity index (χ1v) is 6.14. The van der Waals surface area contributed by atoms with Crippen LogP contribution in [0.5, 0.6) is 0 Å². The number of rotatable bonds is 2. The lowest BCUT2D eigenvalue weighted by molar-refractivity contribution is -0.136. The van der Waals surface area contributed by atoms with Gasteiger partial charge in [-0.1, -0.05) is 11.6 Å². The number of hydrogen-bond acceptors (Lipinski definition) is 3. The molecule has 3 nitrogen and oxygen atoms in total. The first kappa shape index (κ1) is 14.1. The van der Waals surface area contributed by atoms with Crippen molar-refractivity contribution in [3.05, 3.63) is 45.8 Å². The van der Waals surface area contributed by atoms with Crippen LogP contribution in [0.15, 0.2) is 35.2 Å². The molecule has 1 N–H and O–H groups in total. The molecular weight excluding hydrogens is 346 g/mol. The van der Waals surface area contributed by atoms with Crippen LogP contribution in [0.4, 0.5) is 24.7 Å². The third-order valence-corrected chi connectivity index (χ3v) is 2.85. The summed E-state index contributed by atoms with van der Waals surface area (Å²) >= 11 is 8.70. The number of alkyl halides is 3. The third-order valence-electron chi connectivity index (χ3n) is 2.18. The molecule has 2 rings (SSSR count). The lowest BCUT2D eigenvalue weighted by Crippen LogP contribution is -2.09. The molecule has 2 aromatic rings. The molecule has 0 unspecified atom stereocenters. The van der Waals surface area contributed by atoms with Crippen LogP contribution in [0.3, 0.4) is 0 Å². The molecular formula is C11H6BrClF3N3. The van der Waals surface area contributed by atoms with E-state index in [0.29, 0.717) is 4.60 Å². The molecule has 1 aromatic carbocycles. The average Bonchev–Trinajstić information content (AvgIpc) is 2.30. The minimum Gasteiger partial charge on any atom is -0.340 e. The van der Waals surface area contributed by atoms with Crippen molar-refractivity contribution in [2.75, 3.05) is 5.32 Å². The van der Waals surface area contributed by atoms with E-state index in [1.54, 1.807) is 0 Å². The molecule has 0 aliphatic rings. The van der Waals surface area contributed by atoms with Crippen LogP contribution in [-0.2, 0) is 6.18 Å². The molecule has 8 heteroatoms. The fourth-order valence-corrected chi connectivity index (χ4v) is 1.88. The van der Waals surface area contributed by atoms with E-state index in [9.17, 15) is 13.2 Å². The van der Waals surface area contributed by atoms with E-state index < -0.39 is 11.7 Å². The molecule has 0 amide bonds. The Morgan fingerprint density at radius 2 is 1.89 bits per heavy atom. The van der Waals surface area contributed by atoms with Gasteiger partial charge in [-0.25, -0.2) is 9.97 Å². The van der Waals surface area contributed by atoms with Crippen molar-refractivity contribution < 1.29 is 13.2 Å². The van der Waals surface area contributed by atoms with Gasteiger partial charge in [-0.2, -0.15) is 13.2 Å². The van der Waals surface area contributed by atoms with Crippen molar-refractivity contribution in [1.82, 2.24) is 9.97 Å². The lowest BCUT2D eigenvalue weighted by Gasteiger charge is -2.14. The van der Waals surface area contributed by atoms with Gasteiger partial charge in [0.1, 0.15) is 16.7 Å². The van der Waals surface area contributed by atoms with Crippen molar-refractivity contribution in [2.45, 2.75) is 6.18 Å². The Hall–Kier alpha value is -1.34. The molecule has 0 spiro atoms. The van der Waals surface area contributed by atoms with Gasteiger partial charge in [-0.05, 0) is 34.1 Å². The molecule has 0 atom stereocenters. The van der Waals surface area contributed by atoms with Crippen molar-refractivity contribution in [3.8, 4) is 0 Å². The Bertz CT molecular complexity index is 604. The van der Waals surface area contributed by atoms with Crippen LogP contribution < -0.4 is 5.32 Å². The van der Waals surface area contributed by atoms with Crippen LogP contribution in [0.2, 0.25) is 5.02 Å². The molecule has 0 saturated heterocycles. The fraction of sp³-hybridized carbons (Fsp3) is 0.0909. The van der Waals surface area contributed by atoms with Crippen LogP contribution >= 0.6 is 27.5 Å². The second kappa shape index (κ2) is 5.34. The minimum absolute atomic E-state index is 0.0155. The lowest BCUT2D eigenvalue weighted by atomic mass is 10.1. The summed E-state index contributed by atoms with van der Waals surface area (Å²) in [6.45, 7) is 0. The van der Waals surface area contributed by atoms with Crippen molar-refractivity contribution >= 4 is 39.0 Å². The Morgan fingerprint density at radius 3 is 2.53 bits per heavy atom. The smallest absolute Gasteiger partial charge is 0.340 e. The largest absolute Gasteiger partial charge is 0.418 e. The second-order valence-electron chi connectivity index (χ2n) is 3.54. The molecule has 0 bridgehead atoms. The van der Waals surface area contributed by atoms with Crippen molar-refractivity contribution in [3.63, 3.8) is 0 Å². The normalized spacial score (nSPS) is 11.4. The summed E-state index contributed by atoms with van der Waals surface area (Å²) in [6, 6.07) is 4.95. The zero-order valence-electron chi connectivity index (χ0n) is 9.17.